The number of hydrogen-bond acceptors (Lipinski definition) is 6. The Labute approximate surface area is 152 Å². The largest absolute Gasteiger partial charge is 0.456 e. The van der Waals surface area contributed by atoms with Gasteiger partial charge in [0.15, 0.2) is 6.61 Å². The van der Waals surface area contributed by atoms with Crippen molar-refractivity contribution in [3.05, 3.63) is 0 Å². The Hall–Kier alpha value is -2.45. The Morgan fingerprint density at radius 1 is 1.15 bits per heavy atom. The van der Waals surface area contributed by atoms with Crippen molar-refractivity contribution in [2.75, 3.05) is 33.8 Å². The van der Waals surface area contributed by atoms with Gasteiger partial charge in [-0.3, -0.25) is 28.9 Å². The number of esters is 1. The Morgan fingerprint density at radius 3 is 2.27 bits per heavy atom. The molecule has 0 aromatic rings. The van der Waals surface area contributed by atoms with Gasteiger partial charge in [-0.1, -0.05) is 12.8 Å². The van der Waals surface area contributed by atoms with Crippen LogP contribution in [0.1, 0.15) is 32.1 Å². The van der Waals surface area contributed by atoms with E-state index in [1.165, 1.54) is 14.1 Å². The van der Waals surface area contributed by atoms with Gasteiger partial charge in [0.25, 0.3) is 5.91 Å². The zero-order valence-corrected chi connectivity index (χ0v) is 15.2. The van der Waals surface area contributed by atoms with Gasteiger partial charge in [-0.2, -0.15) is 0 Å². The first kappa shape index (κ1) is 19.9. The fourth-order valence-corrected chi connectivity index (χ4v) is 3.36. The van der Waals surface area contributed by atoms with E-state index in [1.807, 2.05) is 0 Å². The van der Waals surface area contributed by atoms with Crippen molar-refractivity contribution in [2.24, 2.45) is 11.8 Å². The molecule has 4 amide bonds. The molecule has 1 saturated carbocycles. The molecule has 1 N–H and O–H groups in total. The minimum Gasteiger partial charge on any atom is -0.456 e. The van der Waals surface area contributed by atoms with E-state index in [0.29, 0.717) is 0 Å². The highest BCUT2D eigenvalue weighted by Crippen LogP contribution is 2.37. The topological polar surface area (TPSA) is 113 Å². The maximum absolute atomic E-state index is 12.3. The van der Waals surface area contributed by atoms with Crippen LogP contribution in [0, 0.1) is 11.8 Å². The summed E-state index contributed by atoms with van der Waals surface area (Å²) < 4.78 is 4.88. The second kappa shape index (κ2) is 8.77. The zero-order valence-electron chi connectivity index (χ0n) is 15.2. The number of nitrogens with zero attached hydrogens (tertiary/aromatic N) is 2. The van der Waals surface area contributed by atoms with E-state index in [0.717, 1.165) is 35.5 Å². The predicted octanol–water partition coefficient (Wildman–Crippen LogP) is -0.701. The SMILES string of the molecule is CNC(=O)CN(C)C(=O)COC(=O)CCN1C(=O)[C@@H]2CCCC[C@H]2C1=O. The molecule has 2 aliphatic rings. The fraction of sp³-hybridized carbons (Fsp3) is 0.706. The monoisotopic (exact) mass is 367 g/mol. The van der Waals surface area contributed by atoms with Crippen molar-refractivity contribution in [2.45, 2.75) is 32.1 Å². The summed E-state index contributed by atoms with van der Waals surface area (Å²) in [5.74, 6) is -2.40. The number of amides is 4. The maximum Gasteiger partial charge on any atom is 0.308 e. The molecule has 1 aliphatic heterocycles. The molecule has 0 radical (unpaired) electrons. The quantitative estimate of drug-likeness (QED) is 0.470. The maximum atomic E-state index is 12.3. The molecule has 0 unspecified atom stereocenters. The average Bonchev–Trinajstić information content (AvgIpc) is 2.88. The van der Waals surface area contributed by atoms with Gasteiger partial charge in [0, 0.05) is 20.6 Å². The molecule has 144 valence electrons. The zero-order chi connectivity index (χ0) is 19.3. The van der Waals surface area contributed by atoms with Crippen LogP contribution in [0.4, 0.5) is 0 Å². The van der Waals surface area contributed by atoms with Gasteiger partial charge in [0.1, 0.15) is 0 Å². The molecule has 0 aromatic carbocycles. The summed E-state index contributed by atoms with van der Waals surface area (Å²) in [6.07, 6.45) is 3.19. The van der Waals surface area contributed by atoms with Crippen molar-refractivity contribution in [3.8, 4) is 0 Å². The van der Waals surface area contributed by atoms with E-state index in [2.05, 4.69) is 5.32 Å². The van der Waals surface area contributed by atoms with E-state index in [-0.39, 0.29) is 49.1 Å². The van der Waals surface area contributed by atoms with Crippen LogP contribution in [-0.2, 0) is 28.7 Å². The highest BCUT2D eigenvalue weighted by atomic mass is 16.5. The molecule has 2 fully saturated rings. The standard InChI is InChI=1S/C17H25N3O6/c1-18-13(21)9-19(2)14(22)10-26-15(23)7-8-20-16(24)11-5-3-4-6-12(11)17(20)25/h11-12H,3-10H2,1-2H3,(H,18,21)/t11-,12-/m1/s1. The van der Waals surface area contributed by atoms with Crippen molar-refractivity contribution in [1.29, 1.82) is 0 Å². The third kappa shape index (κ3) is 4.59. The minimum absolute atomic E-state index is 0.0221. The van der Waals surface area contributed by atoms with Crippen molar-refractivity contribution < 1.29 is 28.7 Å². The van der Waals surface area contributed by atoms with Crippen LogP contribution in [0.2, 0.25) is 0 Å². The summed E-state index contributed by atoms with van der Waals surface area (Å²) in [4.78, 5) is 61.7. The Kier molecular flexibility index (Phi) is 6.70. The molecule has 26 heavy (non-hydrogen) atoms. The summed E-state index contributed by atoms with van der Waals surface area (Å²) in [5, 5.41) is 2.39. The number of hydrogen-bond donors (Lipinski definition) is 1. The van der Waals surface area contributed by atoms with E-state index in [1.54, 1.807) is 0 Å². The van der Waals surface area contributed by atoms with Crippen LogP contribution >= 0.6 is 0 Å². The molecule has 0 bridgehead atoms. The van der Waals surface area contributed by atoms with Crippen LogP contribution in [0.3, 0.4) is 0 Å². The van der Waals surface area contributed by atoms with E-state index in [4.69, 9.17) is 4.74 Å². The molecular weight excluding hydrogens is 342 g/mol. The lowest BCUT2D eigenvalue weighted by Gasteiger charge is -2.19. The van der Waals surface area contributed by atoms with Gasteiger partial charge >= 0.3 is 5.97 Å². The summed E-state index contributed by atoms with van der Waals surface area (Å²) >= 11 is 0. The smallest absolute Gasteiger partial charge is 0.308 e. The molecule has 0 spiro atoms. The number of carbonyl (C=O) groups is 5. The van der Waals surface area contributed by atoms with Gasteiger partial charge in [-0.25, -0.2) is 0 Å². The highest BCUT2D eigenvalue weighted by Gasteiger charge is 2.47. The molecule has 9 heteroatoms. The first-order valence-corrected chi connectivity index (χ1v) is 8.80. The van der Waals surface area contributed by atoms with Gasteiger partial charge in [-0.05, 0) is 12.8 Å². The van der Waals surface area contributed by atoms with Crippen LogP contribution in [0.5, 0.6) is 0 Å². The van der Waals surface area contributed by atoms with Crippen LogP contribution in [-0.4, -0.2) is 73.2 Å². The van der Waals surface area contributed by atoms with Gasteiger partial charge in [-0.15, -0.1) is 0 Å². The lowest BCUT2D eigenvalue weighted by atomic mass is 9.81. The number of nitrogens with one attached hydrogen (secondary N) is 1. The number of ether oxygens (including phenoxy) is 1. The molecule has 0 aromatic heterocycles. The number of rotatable bonds is 7. The number of carbonyl (C=O) groups excluding carboxylic acids is 5. The predicted molar refractivity (Wildman–Crippen MR) is 89.4 cm³/mol. The Bertz CT molecular complexity index is 581. The first-order chi connectivity index (χ1) is 12.3. The van der Waals surface area contributed by atoms with E-state index < -0.39 is 18.5 Å². The number of likely N-dealkylation sites (tertiary alicyclic amines) is 1. The van der Waals surface area contributed by atoms with Crippen molar-refractivity contribution >= 4 is 29.6 Å². The molecule has 1 aliphatic carbocycles. The van der Waals surface area contributed by atoms with E-state index >= 15 is 0 Å². The molecule has 1 heterocycles. The fourth-order valence-electron chi connectivity index (χ4n) is 3.36. The Balaban J connectivity index is 1.75. The summed E-state index contributed by atoms with van der Waals surface area (Å²) in [7, 11) is 2.88. The molecule has 2 rings (SSSR count). The van der Waals surface area contributed by atoms with Crippen LogP contribution in [0.15, 0.2) is 0 Å². The molecule has 1 saturated heterocycles. The second-order valence-electron chi connectivity index (χ2n) is 6.66. The summed E-state index contributed by atoms with van der Waals surface area (Å²) in [6, 6.07) is 0. The highest BCUT2D eigenvalue weighted by molar-refractivity contribution is 6.05. The number of likely N-dealkylation sites (N-methyl/N-ethyl adjacent to an activating group) is 2. The van der Waals surface area contributed by atoms with E-state index in [9.17, 15) is 24.0 Å². The second-order valence-corrected chi connectivity index (χ2v) is 6.66. The van der Waals surface area contributed by atoms with Gasteiger partial charge in [0.2, 0.25) is 17.7 Å². The third-order valence-electron chi connectivity index (χ3n) is 4.91. The molecule has 9 nitrogen and oxygen atoms in total. The molecular formula is C17H25N3O6. The number of fused-ring (bicyclic) bond motifs is 1. The minimum atomic E-state index is -0.665. The average molecular weight is 367 g/mol. The van der Waals surface area contributed by atoms with Gasteiger partial charge < -0.3 is 15.0 Å². The van der Waals surface area contributed by atoms with Crippen molar-refractivity contribution in [3.63, 3.8) is 0 Å². The van der Waals surface area contributed by atoms with Gasteiger partial charge in [0.05, 0.1) is 24.8 Å². The number of imide groups is 1. The summed E-state index contributed by atoms with van der Waals surface area (Å²) in [5.41, 5.74) is 0. The lowest BCUT2D eigenvalue weighted by molar-refractivity contribution is -0.152. The molecule has 2 atom stereocenters. The lowest BCUT2D eigenvalue weighted by Crippen LogP contribution is -2.39. The normalized spacial score (nSPS) is 22.0. The summed E-state index contributed by atoms with van der Waals surface area (Å²) in [6.45, 7) is -0.641. The third-order valence-corrected chi connectivity index (χ3v) is 4.91. The van der Waals surface area contributed by atoms with Crippen LogP contribution in [0.25, 0.3) is 0 Å². The van der Waals surface area contributed by atoms with Crippen LogP contribution < -0.4 is 5.32 Å². The van der Waals surface area contributed by atoms with Crippen molar-refractivity contribution in [1.82, 2.24) is 15.1 Å². The Morgan fingerprint density at radius 2 is 1.73 bits per heavy atom. The first-order valence-electron chi connectivity index (χ1n) is 8.80.